The summed E-state index contributed by atoms with van der Waals surface area (Å²) < 4.78 is 0. The zero-order valence-corrected chi connectivity index (χ0v) is 12.1. The quantitative estimate of drug-likeness (QED) is 0.505. The normalized spacial score (nSPS) is 16.2. The van der Waals surface area contributed by atoms with E-state index in [0.29, 0.717) is 17.9 Å². The van der Waals surface area contributed by atoms with E-state index < -0.39 is 0 Å². The van der Waals surface area contributed by atoms with Gasteiger partial charge in [-0.25, -0.2) is 4.98 Å². The van der Waals surface area contributed by atoms with Crippen molar-refractivity contribution in [3.05, 3.63) is 48.2 Å². The second-order valence-corrected chi connectivity index (χ2v) is 5.87. The first kappa shape index (κ1) is 13.4. The molecule has 4 rings (SSSR count). The summed E-state index contributed by atoms with van der Waals surface area (Å²) in [6.07, 6.45) is 7.00. The van der Waals surface area contributed by atoms with E-state index in [9.17, 15) is 4.79 Å². The second kappa shape index (κ2) is 4.75. The van der Waals surface area contributed by atoms with Crippen LogP contribution in [0.25, 0.3) is 11.1 Å². The minimum atomic E-state index is -0.274. The number of benzene rings is 1. The lowest BCUT2D eigenvalue weighted by Gasteiger charge is -2.43. The molecule has 0 spiro atoms. The van der Waals surface area contributed by atoms with E-state index in [2.05, 4.69) is 35.2 Å². The molecule has 1 aromatic rings. The topological polar surface area (TPSA) is 33.2 Å². The summed E-state index contributed by atoms with van der Waals surface area (Å²) in [5.74, 6) is 3.22. The maximum atomic E-state index is 11.8. The summed E-state index contributed by atoms with van der Waals surface area (Å²) in [7, 11) is 0. The molecule has 1 saturated heterocycles. The molecule has 104 valence electrons. The van der Waals surface area contributed by atoms with E-state index in [1.165, 1.54) is 11.1 Å². The number of carbonyl (C=O) groups excluding carboxylic acids is 1. The van der Waals surface area contributed by atoms with Crippen LogP contribution >= 0.6 is 0 Å². The van der Waals surface area contributed by atoms with Crippen LogP contribution in [0.1, 0.15) is 19.4 Å². The molecule has 1 aromatic heterocycles. The molecule has 3 nitrogen and oxygen atoms in total. The zero-order valence-electron chi connectivity index (χ0n) is 12.1. The molecule has 0 N–H and O–H groups in total. The van der Waals surface area contributed by atoms with Gasteiger partial charge in [0.15, 0.2) is 5.82 Å². The second-order valence-electron chi connectivity index (χ2n) is 5.87. The van der Waals surface area contributed by atoms with E-state index in [4.69, 9.17) is 6.42 Å². The van der Waals surface area contributed by atoms with E-state index in [0.717, 1.165) is 0 Å². The Morgan fingerprint density at radius 3 is 2.38 bits per heavy atom. The van der Waals surface area contributed by atoms with Crippen LogP contribution in [0.2, 0.25) is 0 Å². The molecule has 2 heterocycles. The number of rotatable bonds is 1. The molecule has 21 heavy (non-hydrogen) atoms. The first-order chi connectivity index (χ1) is 10.0. The van der Waals surface area contributed by atoms with Gasteiger partial charge in [-0.1, -0.05) is 24.1 Å². The first-order valence-electron chi connectivity index (χ1n) is 6.87. The predicted molar refractivity (Wildman–Crippen MR) is 83.7 cm³/mol. The van der Waals surface area contributed by atoms with Crippen LogP contribution in [0.15, 0.2) is 42.6 Å². The molecule has 0 atom stereocenters. The van der Waals surface area contributed by atoms with Crippen LogP contribution in [0.4, 0.5) is 5.82 Å². The van der Waals surface area contributed by atoms with Gasteiger partial charge in [0.25, 0.3) is 0 Å². The molecule has 0 aromatic carbocycles. The minimum absolute atomic E-state index is 0.0812. The van der Waals surface area contributed by atoms with E-state index >= 15 is 0 Å². The molecular formula is C18H16N2O. The summed E-state index contributed by atoms with van der Waals surface area (Å²) in [6, 6.07) is 12.0. The Morgan fingerprint density at radius 1 is 1.24 bits per heavy atom. The smallest absolute Gasteiger partial charge is 0.235 e. The molecule has 1 aliphatic heterocycles. The van der Waals surface area contributed by atoms with E-state index in [1.54, 1.807) is 23.2 Å². The first-order valence-corrected chi connectivity index (χ1v) is 6.87. The van der Waals surface area contributed by atoms with Crippen molar-refractivity contribution < 1.29 is 4.79 Å². The van der Waals surface area contributed by atoms with Gasteiger partial charge < -0.3 is 0 Å². The van der Waals surface area contributed by atoms with Crippen molar-refractivity contribution in [2.24, 2.45) is 5.41 Å². The zero-order chi connectivity index (χ0) is 15.0. The van der Waals surface area contributed by atoms with Gasteiger partial charge in [0.2, 0.25) is 5.91 Å². The number of amides is 1. The number of β-lactam (4-membered cyclic amide) rings is 1. The van der Waals surface area contributed by atoms with Gasteiger partial charge in [-0.05, 0) is 43.2 Å². The van der Waals surface area contributed by atoms with Crippen molar-refractivity contribution in [1.29, 1.82) is 0 Å². The number of fused-ring (bicyclic) bond motifs is 1. The predicted octanol–water partition coefficient (Wildman–Crippen LogP) is 3.10. The molecule has 0 radical (unpaired) electrons. The lowest BCUT2D eigenvalue weighted by molar-refractivity contribution is -0.132. The van der Waals surface area contributed by atoms with Crippen LogP contribution in [0, 0.1) is 17.8 Å². The van der Waals surface area contributed by atoms with Crippen molar-refractivity contribution in [3.63, 3.8) is 0 Å². The standard InChI is InChI=1S/C12H12N2O.C6H4/c1-4-9-6-5-7-13-10(9)14-8-12(2,3)11(14)15;1-2-5-4-6(5)3-1/h1,5-7H,8H2,2-3H3;1-4H. The number of pyridine rings is 1. The van der Waals surface area contributed by atoms with E-state index in [1.807, 2.05) is 13.8 Å². The Bertz CT molecular complexity index is 739. The average molecular weight is 276 g/mol. The molecule has 3 heteroatoms. The number of terminal acetylenes is 1. The van der Waals surface area contributed by atoms with Gasteiger partial charge in [-0.3, -0.25) is 9.69 Å². The number of anilines is 1. The molecule has 3 aliphatic rings. The van der Waals surface area contributed by atoms with E-state index in [-0.39, 0.29) is 11.3 Å². The van der Waals surface area contributed by atoms with Crippen molar-refractivity contribution >= 4 is 11.7 Å². The minimum Gasteiger partial charge on any atom is -0.294 e. The third-order valence-electron chi connectivity index (χ3n) is 3.69. The third-order valence-corrected chi connectivity index (χ3v) is 3.69. The van der Waals surface area contributed by atoms with Gasteiger partial charge in [0.05, 0.1) is 11.0 Å². The maximum Gasteiger partial charge on any atom is 0.235 e. The largest absolute Gasteiger partial charge is 0.294 e. The van der Waals surface area contributed by atoms with Crippen LogP contribution in [0.5, 0.6) is 0 Å². The van der Waals surface area contributed by atoms with Crippen LogP contribution < -0.4 is 4.90 Å². The van der Waals surface area contributed by atoms with Crippen molar-refractivity contribution in [2.45, 2.75) is 13.8 Å². The number of aromatic nitrogens is 1. The Balaban J connectivity index is 0.000000180. The van der Waals surface area contributed by atoms with Gasteiger partial charge >= 0.3 is 0 Å². The van der Waals surface area contributed by atoms with Gasteiger partial charge in [0, 0.05) is 12.7 Å². The summed E-state index contributed by atoms with van der Waals surface area (Å²) >= 11 is 0. The molecule has 0 saturated carbocycles. The fraction of sp³-hybridized carbons (Fsp3) is 0.222. The monoisotopic (exact) mass is 276 g/mol. The summed E-state index contributed by atoms with van der Waals surface area (Å²) in [5.41, 5.74) is 3.25. The maximum absolute atomic E-state index is 11.8. The summed E-state index contributed by atoms with van der Waals surface area (Å²) in [5, 5.41) is 0. The molecule has 1 fully saturated rings. The van der Waals surface area contributed by atoms with Gasteiger partial charge in [0.1, 0.15) is 0 Å². The average Bonchev–Trinajstić information content (AvgIpc) is 3.11. The van der Waals surface area contributed by atoms with Crippen molar-refractivity contribution in [1.82, 2.24) is 4.98 Å². The Morgan fingerprint density at radius 2 is 1.95 bits per heavy atom. The molecule has 1 amide bonds. The summed E-state index contributed by atoms with van der Waals surface area (Å²) in [6.45, 7) is 4.52. The highest BCUT2D eigenvalue weighted by Crippen LogP contribution is 2.35. The van der Waals surface area contributed by atoms with Crippen LogP contribution in [-0.2, 0) is 4.79 Å². The Labute approximate surface area is 124 Å². The third kappa shape index (κ3) is 2.41. The number of hydrogen-bond donors (Lipinski definition) is 0. The SMILES string of the molecule is C#Cc1cccnc1N1CC(C)(C)C1=O.c1cc2cc-2c1. The fourth-order valence-corrected chi connectivity index (χ4v) is 2.38. The molecule has 0 unspecified atom stereocenters. The van der Waals surface area contributed by atoms with Crippen LogP contribution in [-0.4, -0.2) is 17.4 Å². The number of nitrogens with zero attached hydrogens (tertiary/aromatic N) is 2. The number of carbonyl (C=O) groups is 1. The Hall–Kier alpha value is -2.60. The van der Waals surface area contributed by atoms with Crippen molar-refractivity contribution in [2.75, 3.05) is 11.4 Å². The lowest BCUT2D eigenvalue weighted by Crippen LogP contribution is -2.59. The van der Waals surface area contributed by atoms with Crippen molar-refractivity contribution in [3.8, 4) is 23.5 Å². The highest BCUT2D eigenvalue weighted by molar-refractivity contribution is 6.04. The molecular weight excluding hydrogens is 260 g/mol. The fourth-order valence-electron chi connectivity index (χ4n) is 2.38. The number of hydrogen-bond acceptors (Lipinski definition) is 2. The highest BCUT2D eigenvalue weighted by atomic mass is 16.2. The highest BCUT2D eigenvalue weighted by Gasteiger charge is 2.46. The molecule has 0 bridgehead atoms. The Kier molecular flexibility index (Phi) is 3.03. The van der Waals surface area contributed by atoms with Gasteiger partial charge in [-0.15, -0.1) is 6.42 Å². The van der Waals surface area contributed by atoms with Gasteiger partial charge in [-0.2, -0.15) is 0 Å². The summed E-state index contributed by atoms with van der Waals surface area (Å²) in [4.78, 5) is 17.6. The van der Waals surface area contributed by atoms with Crippen LogP contribution in [0.3, 0.4) is 0 Å². The lowest BCUT2D eigenvalue weighted by atomic mass is 9.83. The molecule has 2 aliphatic carbocycles.